The number of halogens is 1. The standard InChI is InChI=1S/C15H17BrN2O2/c1-2-18-10-12(9-17-18)8-13(15(19)20)7-11-3-5-14(16)6-4-11/h3-6,9-10,13H,2,7-8H2,1H3,(H,19,20). The first-order chi connectivity index (χ1) is 9.58. The molecular weight excluding hydrogens is 320 g/mol. The third kappa shape index (κ3) is 3.93. The van der Waals surface area contributed by atoms with Gasteiger partial charge in [-0.1, -0.05) is 28.1 Å². The highest BCUT2D eigenvalue weighted by molar-refractivity contribution is 9.10. The van der Waals surface area contributed by atoms with E-state index in [0.717, 1.165) is 22.1 Å². The summed E-state index contributed by atoms with van der Waals surface area (Å²) in [5.74, 6) is -1.19. The molecule has 1 aromatic carbocycles. The van der Waals surface area contributed by atoms with Gasteiger partial charge in [-0.25, -0.2) is 0 Å². The van der Waals surface area contributed by atoms with Crippen LogP contribution in [-0.2, 0) is 24.2 Å². The molecule has 0 bridgehead atoms. The van der Waals surface area contributed by atoms with Gasteiger partial charge in [-0.15, -0.1) is 0 Å². The molecule has 20 heavy (non-hydrogen) atoms. The highest BCUT2D eigenvalue weighted by atomic mass is 79.9. The van der Waals surface area contributed by atoms with E-state index in [1.165, 1.54) is 0 Å². The van der Waals surface area contributed by atoms with Gasteiger partial charge >= 0.3 is 5.97 Å². The number of carboxylic acid groups (broad SMARTS) is 1. The Kier molecular flexibility index (Phi) is 4.95. The average Bonchev–Trinajstić information content (AvgIpc) is 2.88. The molecule has 1 heterocycles. The summed E-state index contributed by atoms with van der Waals surface area (Å²) in [4.78, 5) is 11.4. The van der Waals surface area contributed by atoms with E-state index >= 15 is 0 Å². The number of aryl methyl sites for hydroxylation is 1. The van der Waals surface area contributed by atoms with Crippen molar-refractivity contribution in [2.75, 3.05) is 0 Å². The Morgan fingerprint density at radius 2 is 1.95 bits per heavy atom. The number of hydrogen-bond acceptors (Lipinski definition) is 2. The predicted molar refractivity (Wildman–Crippen MR) is 80.6 cm³/mol. The molecule has 1 N–H and O–H groups in total. The van der Waals surface area contributed by atoms with Crippen molar-refractivity contribution in [3.8, 4) is 0 Å². The number of nitrogens with zero attached hydrogens (tertiary/aromatic N) is 2. The number of rotatable bonds is 6. The summed E-state index contributed by atoms with van der Waals surface area (Å²) in [6, 6.07) is 7.78. The SMILES string of the molecule is CCn1cc(CC(Cc2ccc(Br)cc2)C(=O)O)cn1. The lowest BCUT2D eigenvalue weighted by molar-refractivity contribution is -0.141. The molecule has 0 saturated carbocycles. The minimum absolute atomic E-state index is 0.425. The topological polar surface area (TPSA) is 55.1 Å². The zero-order valence-corrected chi connectivity index (χ0v) is 12.9. The fourth-order valence-electron chi connectivity index (χ4n) is 2.12. The third-order valence-electron chi connectivity index (χ3n) is 3.24. The van der Waals surface area contributed by atoms with Crippen molar-refractivity contribution in [3.05, 3.63) is 52.3 Å². The van der Waals surface area contributed by atoms with Gasteiger partial charge < -0.3 is 5.11 Å². The summed E-state index contributed by atoms with van der Waals surface area (Å²) in [5, 5.41) is 13.6. The lowest BCUT2D eigenvalue weighted by Crippen LogP contribution is -2.19. The molecule has 0 amide bonds. The Morgan fingerprint density at radius 3 is 2.50 bits per heavy atom. The van der Waals surface area contributed by atoms with Crippen molar-refractivity contribution in [1.29, 1.82) is 0 Å². The second-order valence-electron chi connectivity index (χ2n) is 4.77. The van der Waals surface area contributed by atoms with Crippen molar-refractivity contribution < 1.29 is 9.90 Å². The highest BCUT2D eigenvalue weighted by Crippen LogP contribution is 2.17. The number of aromatic nitrogens is 2. The van der Waals surface area contributed by atoms with E-state index in [4.69, 9.17) is 0 Å². The van der Waals surface area contributed by atoms with Crippen molar-refractivity contribution in [2.45, 2.75) is 26.3 Å². The summed E-state index contributed by atoms with van der Waals surface area (Å²) < 4.78 is 2.81. The molecule has 2 rings (SSSR count). The fraction of sp³-hybridized carbons (Fsp3) is 0.333. The summed E-state index contributed by atoms with van der Waals surface area (Å²) in [7, 11) is 0. The molecule has 0 aliphatic carbocycles. The number of hydrogen-bond donors (Lipinski definition) is 1. The van der Waals surface area contributed by atoms with Crippen LogP contribution in [0.2, 0.25) is 0 Å². The van der Waals surface area contributed by atoms with Crippen LogP contribution < -0.4 is 0 Å². The molecule has 0 aliphatic heterocycles. The van der Waals surface area contributed by atoms with Crippen LogP contribution in [0.5, 0.6) is 0 Å². The first kappa shape index (κ1) is 14.8. The molecule has 0 spiro atoms. The van der Waals surface area contributed by atoms with Gasteiger partial charge in [0, 0.05) is 17.2 Å². The quantitative estimate of drug-likeness (QED) is 0.881. The second-order valence-corrected chi connectivity index (χ2v) is 5.69. The van der Waals surface area contributed by atoms with Gasteiger partial charge in [-0.3, -0.25) is 9.48 Å². The summed E-state index contributed by atoms with van der Waals surface area (Å²) >= 11 is 3.38. The minimum Gasteiger partial charge on any atom is -0.481 e. The Bertz CT molecular complexity index is 578. The zero-order chi connectivity index (χ0) is 14.5. The number of carboxylic acids is 1. The Hall–Kier alpha value is -1.62. The number of carbonyl (C=O) groups is 1. The second kappa shape index (κ2) is 6.70. The van der Waals surface area contributed by atoms with E-state index in [0.29, 0.717) is 12.8 Å². The van der Waals surface area contributed by atoms with Crippen molar-refractivity contribution in [3.63, 3.8) is 0 Å². The van der Waals surface area contributed by atoms with E-state index < -0.39 is 11.9 Å². The van der Waals surface area contributed by atoms with E-state index in [-0.39, 0.29) is 0 Å². The molecule has 1 atom stereocenters. The smallest absolute Gasteiger partial charge is 0.307 e. The normalized spacial score (nSPS) is 12.3. The van der Waals surface area contributed by atoms with E-state index in [1.54, 1.807) is 6.20 Å². The first-order valence-electron chi connectivity index (χ1n) is 6.57. The molecule has 0 fully saturated rings. The Morgan fingerprint density at radius 1 is 1.30 bits per heavy atom. The highest BCUT2D eigenvalue weighted by Gasteiger charge is 2.19. The van der Waals surface area contributed by atoms with Gasteiger partial charge in [0.15, 0.2) is 0 Å². The molecule has 5 heteroatoms. The number of benzene rings is 1. The minimum atomic E-state index is -0.767. The molecule has 1 aromatic heterocycles. The van der Waals surface area contributed by atoms with E-state index in [2.05, 4.69) is 21.0 Å². The summed E-state index contributed by atoms with van der Waals surface area (Å²) in [6.45, 7) is 2.80. The van der Waals surface area contributed by atoms with Crippen LogP contribution in [0.3, 0.4) is 0 Å². The molecule has 106 valence electrons. The Labute approximate surface area is 126 Å². The van der Waals surface area contributed by atoms with Crippen LogP contribution in [0, 0.1) is 5.92 Å². The van der Waals surface area contributed by atoms with Crippen molar-refractivity contribution >= 4 is 21.9 Å². The van der Waals surface area contributed by atoms with Gasteiger partial charge in [0.25, 0.3) is 0 Å². The molecule has 0 radical (unpaired) electrons. The largest absolute Gasteiger partial charge is 0.481 e. The van der Waals surface area contributed by atoms with Crippen LogP contribution in [0.25, 0.3) is 0 Å². The van der Waals surface area contributed by atoms with Gasteiger partial charge in [0.2, 0.25) is 0 Å². The van der Waals surface area contributed by atoms with Crippen LogP contribution in [0.15, 0.2) is 41.1 Å². The molecule has 2 aromatic rings. The first-order valence-corrected chi connectivity index (χ1v) is 7.36. The van der Waals surface area contributed by atoms with Crippen molar-refractivity contribution in [1.82, 2.24) is 9.78 Å². The molecule has 4 nitrogen and oxygen atoms in total. The third-order valence-corrected chi connectivity index (χ3v) is 3.77. The lowest BCUT2D eigenvalue weighted by Gasteiger charge is -2.11. The maximum atomic E-state index is 11.4. The van der Waals surface area contributed by atoms with Crippen LogP contribution in [-0.4, -0.2) is 20.9 Å². The van der Waals surface area contributed by atoms with Gasteiger partial charge in [-0.2, -0.15) is 5.10 Å². The Balaban J connectivity index is 2.07. The maximum Gasteiger partial charge on any atom is 0.307 e. The molecule has 0 aliphatic rings. The van der Waals surface area contributed by atoms with Crippen LogP contribution in [0.1, 0.15) is 18.1 Å². The number of aliphatic carboxylic acids is 1. The van der Waals surface area contributed by atoms with Gasteiger partial charge in [-0.05, 0) is 43.0 Å². The van der Waals surface area contributed by atoms with E-state index in [9.17, 15) is 9.90 Å². The predicted octanol–water partition coefficient (Wildman–Crippen LogP) is 3.15. The zero-order valence-electron chi connectivity index (χ0n) is 11.3. The van der Waals surface area contributed by atoms with Crippen LogP contribution >= 0.6 is 15.9 Å². The average molecular weight is 337 g/mol. The molecular formula is C15H17BrN2O2. The fourth-order valence-corrected chi connectivity index (χ4v) is 2.39. The summed E-state index contributed by atoms with van der Waals surface area (Å²) in [5.41, 5.74) is 2.00. The van der Waals surface area contributed by atoms with Gasteiger partial charge in [0.1, 0.15) is 0 Å². The van der Waals surface area contributed by atoms with Crippen LogP contribution in [0.4, 0.5) is 0 Å². The molecule has 0 saturated heterocycles. The van der Waals surface area contributed by atoms with Gasteiger partial charge in [0.05, 0.1) is 12.1 Å². The molecule has 1 unspecified atom stereocenters. The lowest BCUT2D eigenvalue weighted by atomic mass is 9.94. The van der Waals surface area contributed by atoms with Crippen molar-refractivity contribution in [2.24, 2.45) is 5.92 Å². The summed E-state index contributed by atoms with van der Waals surface area (Å²) in [6.07, 6.45) is 4.70. The maximum absolute atomic E-state index is 11.4. The monoisotopic (exact) mass is 336 g/mol. The van der Waals surface area contributed by atoms with E-state index in [1.807, 2.05) is 42.1 Å².